The molecule has 0 atom stereocenters. The first-order chi connectivity index (χ1) is 7.71. The molecule has 0 saturated heterocycles. The van der Waals surface area contributed by atoms with Crippen LogP contribution >= 0.6 is 11.6 Å². The molecule has 17 heavy (non-hydrogen) atoms. The summed E-state index contributed by atoms with van der Waals surface area (Å²) in [4.78, 5) is 14.8. The van der Waals surface area contributed by atoms with E-state index in [0.29, 0.717) is 0 Å². The van der Waals surface area contributed by atoms with Crippen LogP contribution in [0.3, 0.4) is 0 Å². The van der Waals surface area contributed by atoms with E-state index in [0.717, 1.165) is 6.07 Å². The lowest BCUT2D eigenvalue weighted by Gasteiger charge is -2.12. The van der Waals surface area contributed by atoms with Gasteiger partial charge in [0.1, 0.15) is 5.15 Å². The van der Waals surface area contributed by atoms with Crippen LogP contribution in [0.1, 0.15) is 36.3 Å². The van der Waals surface area contributed by atoms with Gasteiger partial charge in [0.15, 0.2) is 11.5 Å². The van der Waals surface area contributed by atoms with Gasteiger partial charge in [0.25, 0.3) is 0 Å². The lowest BCUT2D eigenvalue weighted by Crippen LogP contribution is -2.16. The fourth-order valence-corrected chi connectivity index (χ4v) is 1.50. The maximum Gasteiger partial charge on any atom is 0.434 e. The van der Waals surface area contributed by atoms with Gasteiger partial charge < -0.3 is 0 Å². The highest BCUT2D eigenvalue weighted by molar-refractivity contribution is 6.29. The standard InChI is InChI=1S/C11H11ClF3NO/c1-6(2)5-8(17)7-3-4-9(12)16-10(7)11(13,14)15/h3-4,6H,5H2,1-2H3. The number of pyridine rings is 1. The summed E-state index contributed by atoms with van der Waals surface area (Å²) >= 11 is 5.41. The van der Waals surface area contributed by atoms with E-state index in [-0.39, 0.29) is 17.5 Å². The van der Waals surface area contributed by atoms with E-state index < -0.39 is 23.2 Å². The van der Waals surface area contributed by atoms with Crippen molar-refractivity contribution in [1.82, 2.24) is 4.98 Å². The average molecular weight is 266 g/mol. The molecule has 0 amide bonds. The van der Waals surface area contributed by atoms with E-state index in [4.69, 9.17) is 11.6 Å². The highest BCUT2D eigenvalue weighted by Gasteiger charge is 2.37. The SMILES string of the molecule is CC(C)CC(=O)c1ccc(Cl)nc1C(F)(F)F. The van der Waals surface area contributed by atoms with Crippen molar-refractivity contribution in [3.63, 3.8) is 0 Å². The van der Waals surface area contributed by atoms with Crippen molar-refractivity contribution in [3.05, 3.63) is 28.5 Å². The van der Waals surface area contributed by atoms with E-state index in [9.17, 15) is 18.0 Å². The number of carbonyl (C=O) groups is 1. The summed E-state index contributed by atoms with van der Waals surface area (Å²) in [7, 11) is 0. The van der Waals surface area contributed by atoms with Gasteiger partial charge >= 0.3 is 6.18 Å². The monoisotopic (exact) mass is 265 g/mol. The second kappa shape index (κ2) is 5.04. The van der Waals surface area contributed by atoms with Crippen LogP contribution in [0.5, 0.6) is 0 Å². The summed E-state index contributed by atoms with van der Waals surface area (Å²) in [6.07, 6.45) is -4.63. The van der Waals surface area contributed by atoms with Gasteiger partial charge in [-0.05, 0) is 18.1 Å². The Bertz CT molecular complexity index is 429. The second-order valence-corrected chi connectivity index (χ2v) is 4.44. The Kier molecular flexibility index (Phi) is 4.14. The molecule has 94 valence electrons. The van der Waals surface area contributed by atoms with Crippen LogP contribution in [0, 0.1) is 5.92 Å². The molecule has 1 rings (SSSR count). The van der Waals surface area contributed by atoms with Gasteiger partial charge in [0, 0.05) is 12.0 Å². The molecular formula is C11H11ClF3NO. The molecule has 0 aliphatic heterocycles. The third-order valence-corrected chi connectivity index (χ3v) is 2.23. The van der Waals surface area contributed by atoms with E-state index in [2.05, 4.69) is 4.98 Å². The molecule has 0 aliphatic carbocycles. The molecule has 0 aliphatic rings. The predicted octanol–water partition coefficient (Wildman–Crippen LogP) is 3.98. The van der Waals surface area contributed by atoms with Gasteiger partial charge in [-0.2, -0.15) is 13.2 Å². The lowest BCUT2D eigenvalue weighted by molar-refractivity contribution is -0.141. The molecule has 0 unspecified atom stereocenters. The molecule has 1 aromatic heterocycles. The van der Waals surface area contributed by atoms with Crippen LogP contribution in [0.25, 0.3) is 0 Å². The molecule has 0 spiro atoms. The number of ketones is 1. The third-order valence-electron chi connectivity index (χ3n) is 2.02. The molecule has 0 radical (unpaired) electrons. The number of carbonyl (C=O) groups excluding carboxylic acids is 1. The van der Waals surface area contributed by atoms with Crippen LogP contribution in [0.4, 0.5) is 13.2 Å². The molecule has 0 aromatic carbocycles. The van der Waals surface area contributed by atoms with Crippen molar-refractivity contribution in [3.8, 4) is 0 Å². The topological polar surface area (TPSA) is 30.0 Å². The molecule has 6 heteroatoms. The first kappa shape index (κ1) is 14.0. The number of aromatic nitrogens is 1. The maximum absolute atomic E-state index is 12.7. The zero-order valence-electron chi connectivity index (χ0n) is 9.31. The van der Waals surface area contributed by atoms with E-state index >= 15 is 0 Å². The maximum atomic E-state index is 12.7. The van der Waals surface area contributed by atoms with Gasteiger partial charge in [0.05, 0.1) is 0 Å². The Balaban J connectivity index is 3.20. The number of alkyl halides is 3. The number of nitrogens with zero attached hydrogens (tertiary/aromatic N) is 1. The number of Topliss-reactive ketones (excluding diaryl/α,β-unsaturated/α-hetero) is 1. The average Bonchev–Trinajstić information content (AvgIpc) is 2.14. The molecule has 0 saturated carbocycles. The number of hydrogen-bond donors (Lipinski definition) is 0. The molecule has 1 aromatic rings. The van der Waals surface area contributed by atoms with Gasteiger partial charge in [-0.3, -0.25) is 4.79 Å². The Morgan fingerprint density at radius 1 is 1.41 bits per heavy atom. The van der Waals surface area contributed by atoms with Crippen LogP contribution < -0.4 is 0 Å². The largest absolute Gasteiger partial charge is 0.434 e. The number of halogens is 4. The zero-order valence-corrected chi connectivity index (χ0v) is 10.1. The summed E-state index contributed by atoms with van der Waals surface area (Å²) in [6.45, 7) is 3.52. The summed E-state index contributed by atoms with van der Waals surface area (Å²) in [5, 5.41) is -0.279. The summed E-state index contributed by atoms with van der Waals surface area (Å²) < 4.78 is 38.0. The van der Waals surface area contributed by atoms with Gasteiger partial charge in [0.2, 0.25) is 0 Å². The number of hydrogen-bond acceptors (Lipinski definition) is 2. The molecule has 1 heterocycles. The fraction of sp³-hybridized carbons (Fsp3) is 0.455. The minimum absolute atomic E-state index is 0.0146. The Morgan fingerprint density at radius 2 is 2.00 bits per heavy atom. The van der Waals surface area contributed by atoms with Crippen molar-refractivity contribution in [2.24, 2.45) is 5.92 Å². The minimum Gasteiger partial charge on any atom is -0.294 e. The smallest absolute Gasteiger partial charge is 0.294 e. The summed E-state index contributed by atoms with van der Waals surface area (Å²) in [5.74, 6) is -0.587. The van der Waals surface area contributed by atoms with Crippen molar-refractivity contribution in [2.75, 3.05) is 0 Å². The highest BCUT2D eigenvalue weighted by Crippen LogP contribution is 2.32. The normalized spacial score (nSPS) is 11.9. The quantitative estimate of drug-likeness (QED) is 0.611. The first-order valence-electron chi connectivity index (χ1n) is 4.98. The molecule has 0 N–H and O–H groups in total. The number of rotatable bonds is 3. The van der Waals surface area contributed by atoms with Crippen molar-refractivity contribution < 1.29 is 18.0 Å². The van der Waals surface area contributed by atoms with Crippen molar-refractivity contribution in [2.45, 2.75) is 26.4 Å². The van der Waals surface area contributed by atoms with Gasteiger partial charge in [-0.15, -0.1) is 0 Å². The Labute approximate surface area is 102 Å². The second-order valence-electron chi connectivity index (χ2n) is 4.05. The van der Waals surface area contributed by atoms with Gasteiger partial charge in [-0.25, -0.2) is 4.98 Å². The Morgan fingerprint density at radius 3 is 2.47 bits per heavy atom. The Hall–Kier alpha value is -1.10. The third kappa shape index (κ3) is 3.70. The van der Waals surface area contributed by atoms with Crippen molar-refractivity contribution >= 4 is 17.4 Å². The summed E-state index contributed by atoms with van der Waals surface area (Å²) in [5.41, 5.74) is -1.63. The van der Waals surface area contributed by atoms with Crippen molar-refractivity contribution in [1.29, 1.82) is 0 Å². The molecule has 0 bridgehead atoms. The lowest BCUT2D eigenvalue weighted by atomic mass is 10.00. The minimum atomic E-state index is -4.67. The predicted molar refractivity (Wildman–Crippen MR) is 58.0 cm³/mol. The first-order valence-corrected chi connectivity index (χ1v) is 5.36. The molecule has 2 nitrogen and oxygen atoms in total. The van der Waals surface area contributed by atoms with Crippen LogP contribution in [0.2, 0.25) is 5.15 Å². The highest BCUT2D eigenvalue weighted by atomic mass is 35.5. The van der Waals surface area contributed by atoms with Crippen LogP contribution in [-0.2, 0) is 6.18 Å². The van der Waals surface area contributed by atoms with Gasteiger partial charge in [-0.1, -0.05) is 25.4 Å². The molecular weight excluding hydrogens is 255 g/mol. The zero-order chi connectivity index (χ0) is 13.2. The van der Waals surface area contributed by atoms with E-state index in [1.54, 1.807) is 13.8 Å². The van der Waals surface area contributed by atoms with Crippen LogP contribution in [0.15, 0.2) is 12.1 Å². The van der Waals surface area contributed by atoms with E-state index in [1.807, 2.05) is 0 Å². The van der Waals surface area contributed by atoms with E-state index in [1.165, 1.54) is 6.07 Å². The summed E-state index contributed by atoms with van der Waals surface area (Å²) in [6, 6.07) is 2.26. The fourth-order valence-electron chi connectivity index (χ4n) is 1.36. The van der Waals surface area contributed by atoms with Crippen LogP contribution in [-0.4, -0.2) is 10.8 Å². The molecule has 0 fully saturated rings.